The van der Waals surface area contributed by atoms with Crippen LogP contribution in [-0.2, 0) is 24.3 Å². The molecule has 0 spiro atoms. The number of carbonyl (C=O) groups excluding carboxylic acids is 1. The maximum absolute atomic E-state index is 14.6. The van der Waals surface area contributed by atoms with E-state index in [9.17, 15) is 9.18 Å². The Balaban J connectivity index is 1.35. The van der Waals surface area contributed by atoms with Crippen molar-refractivity contribution in [3.05, 3.63) is 132 Å². The van der Waals surface area contributed by atoms with Gasteiger partial charge in [-0.25, -0.2) is 9.37 Å². The van der Waals surface area contributed by atoms with Crippen LogP contribution in [0.3, 0.4) is 0 Å². The van der Waals surface area contributed by atoms with E-state index in [0.29, 0.717) is 36.0 Å². The number of nitrogens with one attached hydrogen (secondary N) is 2. The fraction of sp³-hybridized carbons (Fsp3) is 0.243. The second-order valence-electron chi connectivity index (χ2n) is 11.5. The second-order valence-corrected chi connectivity index (χ2v) is 11.9. The minimum atomic E-state index is -0.389. The molecular formula is C37H37FN6OS. The van der Waals surface area contributed by atoms with Crippen LogP contribution in [0.1, 0.15) is 42.7 Å². The molecule has 9 heteroatoms. The lowest BCUT2D eigenvalue weighted by atomic mass is 9.97. The Kier molecular flexibility index (Phi) is 10.7. The molecule has 5 rings (SSSR count). The van der Waals surface area contributed by atoms with Crippen molar-refractivity contribution in [2.45, 2.75) is 45.8 Å². The number of nitriles is 1. The molecule has 0 bridgehead atoms. The van der Waals surface area contributed by atoms with Gasteiger partial charge in [-0.15, -0.1) is 0 Å². The lowest BCUT2D eigenvalue weighted by molar-refractivity contribution is -0.121. The smallest absolute Gasteiger partial charge is 0.226 e. The lowest BCUT2D eigenvalue weighted by Gasteiger charge is -2.33. The first-order valence-electron chi connectivity index (χ1n) is 15.4. The van der Waals surface area contributed by atoms with E-state index in [1.54, 1.807) is 42.9 Å². The summed E-state index contributed by atoms with van der Waals surface area (Å²) in [6.45, 7) is 5.65. The molecule has 0 aliphatic heterocycles. The number of carbonyl (C=O) groups is 1. The zero-order valence-electron chi connectivity index (χ0n) is 26.0. The number of hydrogen-bond donors (Lipinski definition) is 2. The Morgan fingerprint density at radius 1 is 1.04 bits per heavy atom. The summed E-state index contributed by atoms with van der Waals surface area (Å²) in [5.41, 5.74) is 3.78. The second kappa shape index (κ2) is 15.3. The monoisotopic (exact) mass is 632 g/mol. The third kappa shape index (κ3) is 8.14. The van der Waals surface area contributed by atoms with Crippen molar-refractivity contribution in [2.24, 2.45) is 5.92 Å². The number of para-hydroxylation sites is 1. The highest BCUT2D eigenvalue weighted by molar-refractivity contribution is 7.80. The first kappa shape index (κ1) is 32.3. The Morgan fingerprint density at radius 2 is 1.78 bits per heavy atom. The van der Waals surface area contributed by atoms with Gasteiger partial charge in [0.15, 0.2) is 5.11 Å². The normalized spacial score (nSPS) is 12.2. The van der Waals surface area contributed by atoms with Crippen molar-refractivity contribution in [1.82, 2.24) is 19.8 Å². The van der Waals surface area contributed by atoms with Crippen LogP contribution in [0.15, 0.2) is 104 Å². The Labute approximate surface area is 274 Å². The van der Waals surface area contributed by atoms with Crippen molar-refractivity contribution in [3.63, 3.8) is 0 Å². The number of halogens is 1. The molecule has 1 amide bonds. The van der Waals surface area contributed by atoms with E-state index in [2.05, 4.69) is 59.8 Å². The summed E-state index contributed by atoms with van der Waals surface area (Å²) in [5.74, 6) is -0.372. The largest absolute Gasteiger partial charge is 0.351 e. The van der Waals surface area contributed by atoms with Crippen molar-refractivity contribution in [3.8, 4) is 6.07 Å². The molecule has 234 valence electrons. The number of imidazole rings is 1. The summed E-state index contributed by atoms with van der Waals surface area (Å²) in [6.07, 6.45) is 4.43. The van der Waals surface area contributed by atoms with Gasteiger partial charge in [0.2, 0.25) is 5.91 Å². The van der Waals surface area contributed by atoms with Gasteiger partial charge in [-0.3, -0.25) is 4.79 Å². The quantitative estimate of drug-likeness (QED) is 0.143. The minimum Gasteiger partial charge on any atom is -0.351 e. The topological polar surface area (TPSA) is 86.0 Å². The highest BCUT2D eigenvalue weighted by atomic mass is 32.1. The van der Waals surface area contributed by atoms with Crippen LogP contribution >= 0.6 is 12.2 Å². The van der Waals surface area contributed by atoms with Gasteiger partial charge < -0.3 is 20.1 Å². The van der Waals surface area contributed by atoms with Crippen LogP contribution in [0, 0.1) is 23.1 Å². The van der Waals surface area contributed by atoms with Crippen molar-refractivity contribution >= 4 is 39.7 Å². The maximum Gasteiger partial charge on any atom is 0.226 e. The molecule has 0 radical (unpaired) electrons. The van der Waals surface area contributed by atoms with Gasteiger partial charge in [-0.2, -0.15) is 5.26 Å². The zero-order chi connectivity index (χ0) is 32.5. The van der Waals surface area contributed by atoms with Gasteiger partial charge in [0.25, 0.3) is 0 Å². The summed E-state index contributed by atoms with van der Waals surface area (Å²) in [7, 11) is 0. The molecule has 2 atom stereocenters. The third-order valence-electron chi connectivity index (χ3n) is 8.31. The van der Waals surface area contributed by atoms with E-state index >= 15 is 0 Å². The SMILES string of the molecule is CC[C@H](C)[C@@H](CN(Cc1cccc2ccccc12)C(=S)Nc1ccccc1F)NC(=O)Cc1cncn1Cc1ccc(C#N)cc1. The fourth-order valence-corrected chi connectivity index (χ4v) is 5.69. The molecule has 0 saturated carbocycles. The van der Waals surface area contributed by atoms with Gasteiger partial charge >= 0.3 is 0 Å². The van der Waals surface area contributed by atoms with Crippen molar-refractivity contribution in [1.29, 1.82) is 5.26 Å². The van der Waals surface area contributed by atoms with Crippen molar-refractivity contribution in [2.75, 3.05) is 11.9 Å². The molecule has 1 aromatic heterocycles. The number of amides is 1. The van der Waals surface area contributed by atoms with Crippen molar-refractivity contribution < 1.29 is 9.18 Å². The molecule has 4 aromatic carbocycles. The number of anilines is 1. The van der Waals surface area contributed by atoms with E-state index in [-0.39, 0.29) is 30.1 Å². The summed E-state index contributed by atoms with van der Waals surface area (Å²) in [6, 6.07) is 30.1. The van der Waals surface area contributed by atoms with E-state index in [0.717, 1.165) is 34.0 Å². The number of fused-ring (bicyclic) bond motifs is 1. The van der Waals surface area contributed by atoms with E-state index in [1.165, 1.54) is 6.07 Å². The minimum absolute atomic E-state index is 0.120. The number of aromatic nitrogens is 2. The highest BCUT2D eigenvalue weighted by Crippen LogP contribution is 2.22. The van der Waals surface area contributed by atoms with Crippen LogP contribution in [0.25, 0.3) is 10.8 Å². The zero-order valence-corrected chi connectivity index (χ0v) is 26.8. The number of benzene rings is 4. The standard InChI is InChI=1S/C37H37FN6OS/c1-3-26(2)35(41-36(45)19-31-21-40-25-44(31)22-28-17-15-27(20-39)16-18-28)24-43(37(46)42-34-14-7-6-13-33(34)38)23-30-11-8-10-29-9-4-5-12-32(29)30/h4-18,21,25-26,35H,3,19,22-24H2,1-2H3,(H,41,45)(H,42,46)/t26-,35+/m0/s1. The molecule has 0 saturated heterocycles. The van der Waals surface area contributed by atoms with E-state index in [1.807, 2.05) is 39.8 Å². The van der Waals surface area contributed by atoms with Gasteiger partial charge in [-0.1, -0.05) is 87.0 Å². The summed E-state index contributed by atoms with van der Waals surface area (Å²) < 4.78 is 16.6. The summed E-state index contributed by atoms with van der Waals surface area (Å²) >= 11 is 5.89. The molecule has 5 aromatic rings. The molecule has 7 nitrogen and oxygen atoms in total. The predicted octanol–water partition coefficient (Wildman–Crippen LogP) is 7.07. The third-order valence-corrected chi connectivity index (χ3v) is 8.67. The van der Waals surface area contributed by atoms with Gasteiger partial charge in [0.05, 0.1) is 30.1 Å². The number of rotatable bonds is 12. The molecule has 0 aliphatic rings. The van der Waals surface area contributed by atoms with Crippen LogP contribution in [-0.4, -0.2) is 38.1 Å². The number of hydrogen-bond acceptors (Lipinski definition) is 4. The van der Waals surface area contributed by atoms with Crippen LogP contribution in [0.4, 0.5) is 10.1 Å². The number of thiocarbonyl (C=S) groups is 1. The lowest BCUT2D eigenvalue weighted by Crippen LogP contribution is -2.50. The molecule has 0 fully saturated rings. The molecule has 0 aliphatic carbocycles. The summed E-state index contributed by atoms with van der Waals surface area (Å²) in [4.78, 5) is 19.8. The van der Waals surface area contributed by atoms with E-state index < -0.39 is 0 Å². The highest BCUT2D eigenvalue weighted by Gasteiger charge is 2.25. The van der Waals surface area contributed by atoms with Gasteiger partial charge in [0.1, 0.15) is 5.82 Å². The summed E-state index contributed by atoms with van der Waals surface area (Å²) in [5, 5.41) is 18.1. The first-order valence-corrected chi connectivity index (χ1v) is 15.8. The first-order chi connectivity index (χ1) is 22.3. The maximum atomic E-state index is 14.6. The van der Waals surface area contributed by atoms with Gasteiger partial charge in [-0.05, 0) is 64.3 Å². The molecule has 46 heavy (non-hydrogen) atoms. The average molecular weight is 633 g/mol. The van der Waals surface area contributed by atoms with Gasteiger partial charge in [0, 0.05) is 37.6 Å². The number of nitrogens with zero attached hydrogens (tertiary/aromatic N) is 4. The predicted molar refractivity (Wildman–Crippen MR) is 185 cm³/mol. The Morgan fingerprint density at radius 3 is 2.54 bits per heavy atom. The van der Waals surface area contributed by atoms with E-state index in [4.69, 9.17) is 17.5 Å². The van der Waals surface area contributed by atoms with Crippen LogP contribution < -0.4 is 10.6 Å². The molecular weight excluding hydrogens is 596 g/mol. The molecule has 0 unspecified atom stereocenters. The van der Waals surface area contributed by atoms with Crippen LogP contribution in [0.2, 0.25) is 0 Å². The molecule has 2 N–H and O–H groups in total. The Bertz CT molecular complexity index is 1840. The van der Waals surface area contributed by atoms with Crippen LogP contribution in [0.5, 0.6) is 0 Å². The fourth-order valence-electron chi connectivity index (χ4n) is 5.44. The Hall–Kier alpha value is -5.07. The average Bonchev–Trinajstić information content (AvgIpc) is 3.50. The molecule has 1 heterocycles.